The Labute approximate surface area is 215 Å². The lowest BCUT2D eigenvalue weighted by molar-refractivity contribution is -0.428. The minimum atomic E-state index is -6.54. The van der Waals surface area contributed by atoms with Gasteiger partial charge in [0, 0.05) is 0 Å². The minimum absolute atomic E-state index is 0.0828. The first-order valence-electron chi connectivity index (χ1n) is 10.1. The van der Waals surface area contributed by atoms with E-state index in [1.165, 1.54) is 6.55 Å². The summed E-state index contributed by atoms with van der Waals surface area (Å²) in [5.74, 6) is -15.7. The van der Waals surface area contributed by atoms with Crippen LogP contribution in [0.3, 0.4) is 0 Å². The summed E-state index contributed by atoms with van der Waals surface area (Å²) >= 11 is 6.22. The predicted molar refractivity (Wildman–Crippen MR) is 102 cm³/mol. The lowest BCUT2D eigenvalue weighted by Crippen LogP contribution is -2.55. The first kappa shape index (κ1) is 37.4. The topological polar surface area (TPSA) is 71.1 Å². The monoisotopic (exact) mass is 648 g/mol. The third-order valence-electron chi connectivity index (χ3n) is 4.45. The Morgan fingerprint density at radius 3 is 1.08 bits per heavy atom. The third kappa shape index (κ3) is 11.1. The number of hydrogen-bond donors (Lipinski definition) is 0. The normalized spacial score (nSPS) is 14.4. The fourth-order valence-corrected chi connectivity index (χ4v) is 5.24. The van der Waals surface area contributed by atoms with Gasteiger partial charge in [-0.2, -0.15) is 72.5 Å². The second-order valence-corrected chi connectivity index (χ2v) is 14.4. The van der Waals surface area contributed by atoms with Gasteiger partial charge in [-0.15, -0.1) is 0 Å². The molecule has 0 aromatic rings. The summed E-state index contributed by atoms with van der Waals surface area (Å²) in [4.78, 5) is 22.6. The van der Waals surface area contributed by atoms with Crippen LogP contribution in [0.25, 0.3) is 0 Å². The molecule has 0 atom stereocenters. The Hall–Kier alpha value is -1.61. The summed E-state index contributed by atoms with van der Waals surface area (Å²) in [5, 5.41) is 0. The maximum Gasteiger partial charge on any atom is 0.458 e. The minimum Gasteiger partial charge on any atom is -0.464 e. The van der Waals surface area contributed by atoms with Gasteiger partial charge in [0.15, 0.2) is 7.38 Å². The second kappa shape index (κ2) is 13.4. The van der Waals surface area contributed by atoms with Crippen molar-refractivity contribution in [3.8, 4) is 0 Å². The Balaban J connectivity index is 4.43. The van der Waals surface area contributed by atoms with Crippen LogP contribution in [0.1, 0.15) is 12.8 Å². The van der Waals surface area contributed by atoms with Gasteiger partial charge in [-0.25, -0.2) is 9.59 Å². The molecule has 0 aromatic heterocycles. The van der Waals surface area contributed by atoms with E-state index in [0.717, 1.165) is 0 Å². The number of hydrogen-bond acceptors (Lipinski definition) is 6. The van der Waals surface area contributed by atoms with Crippen LogP contribution in [0.15, 0.2) is 0 Å². The maximum absolute atomic E-state index is 13.3. The molecule has 0 radical (unpaired) electrons. The number of carbonyl (C=O) groups excluding carboxylic acids is 2. The molecule has 0 aliphatic heterocycles. The zero-order valence-electron chi connectivity index (χ0n) is 19.3. The summed E-state index contributed by atoms with van der Waals surface area (Å²) in [6, 6.07) is 0.166. The molecule has 0 amide bonds. The van der Waals surface area contributed by atoms with Gasteiger partial charge in [-0.1, -0.05) is 6.55 Å². The molecule has 0 saturated heterocycles. The molecular formula is C17H19ClF14O6Si. The highest BCUT2D eigenvalue weighted by Crippen LogP contribution is 2.48. The molecule has 22 heteroatoms. The van der Waals surface area contributed by atoms with Gasteiger partial charge in [0.2, 0.25) is 0 Å². The smallest absolute Gasteiger partial charge is 0.458 e. The van der Waals surface area contributed by atoms with Gasteiger partial charge >= 0.3 is 48.4 Å². The Kier molecular flexibility index (Phi) is 12.8. The van der Waals surface area contributed by atoms with Crippen molar-refractivity contribution in [3.05, 3.63) is 0 Å². The number of halogens is 15. The summed E-state index contributed by atoms with van der Waals surface area (Å²) in [5.41, 5.74) is 0. The fraction of sp³-hybridized carbons (Fsp3) is 0.882. The lowest BCUT2D eigenvalue weighted by atomic mass is 10.3. The van der Waals surface area contributed by atoms with Crippen LogP contribution in [0.5, 0.6) is 0 Å². The Morgan fingerprint density at radius 1 is 0.590 bits per heavy atom. The summed E-state index contributed by atoms with van der Waals surface area (Å²) in [6.45, 7) is -3.72. The molecule has 0 unspecified atom stereocenters. The molecule has 0 spiro atoms. The number of alkyl halides is 14. The number of carbonyl (C=O) groups is 2. The molecule has 0 rings (SSSR count). The molecule has 39 heavy (non-hydrogen) atoms. The van der Waals surface area contributed by atoms with Crippen molar-refractivity contribution in [1.82, 2.24) is 0 Å². The van der Waals surface area contributed by atoms with Gasteiger partial charge in [0.1, 0.15) is 13.2 Å². The maximum atomic E-state index is 13.3. The average Bonchev–Trinajstić information content (AvgIpc) is 2.73. The van der Waals surface area contributed by atoms with Crippen molar-refractivity contribution in [3.63, 3.8) is 0 Å². The van der Waals surface area contributed by atoms with Crippen LogP contribution in [-0.4, -0.2) is 82.2 Å². The average molecular weight is 649 g/mol. The fourth-order valence-electron chi connectivity index (χ4n) is 2.43. The van der Waals surface area contributed by atoms with E-state index >= 15 is 0 Å². The van der Waals surface area contributed by atoms with Crippen molar-refractivity contribution in [2.75, 3.05) is 26.4 Å². The van der Waals surface area contributed by atoms with Crippen LogP contribution in [0.2, 0.25) is 18.6 Å². The van der Waals surface area contributed by atoms with Gasteiger partial charge in [-0.05, 0) is 24.9 Å². The van der Waals surface area contributed by atoms with E-state index in [4.69, 9.17) is 11.1 Å². The SMILES string of the molecule is C[Si](Cl)(CCCOC(=O)COC(F)(C(F)(F)F)C(F)(F)F)CCCOC(=O)COC(F)(C(F)(F)F)C(F)(F)F. The van der Waals surface area contributed by atoms with E-state index in [1.54, 1.807) is 0 Å². The van der Waals surface area contributed by atoms with Crippen molar-refractivity contribution in [2.24, 2.45) is 0 Å². The standard InChI is InChI=1S/C17H19ClF14O6Si/c1-39(18,6-2-4-35-10(33)8-37-12(19,14(21,22)23)15(24,25)26)7-3-5-36-11(34)9-38-13(20,16(27,28)29)17(30,31)32/h2-9H2,1H3. The molecule has 0 aliphatic rings. The van der Waals surface area contributed by atoms with Gasteiger partial charge < -0.3 is 18.9 Å². The summed E-state index contributed by atoms with van der Waals surface area (Å²) < 4.78 is 189. The summed E-state index contributed by atoms with van der Waals surface area (Å²) in [7, 11) is -2.73. The molecule has 232 valence electrons. The zero-order valence-corrected chi connectivity index (χ0v) is 21.0. The molecule has 0 N–H and O–H groups in total. The highest BCUT2D eigenvalue weighted by atomic mass is 35.6. The Bertz CT molecular complexity index is 720. The molecular weight excluding hydrogens is 630 g/mol. The van der Waals surface area contributed by atoms with Crippen LogP contribution in [0, 0.1) is 0 Å². The van der Waals surface area contributed by atoms with E-state index in [0.29, 0.717) is 0 Å². The van der Waals surface area contributed by atoms with Crippen LogP contribution < -0.4 is 0 Å². The van der Waals surface area contributed by atoms with E-state index in [2.05, 4.69) is 18.9 Å². The number of esters is 2. The lowest BCUT2D eigenvalue weighted by Gasteiger charge is -2.29. The van der Waals surface area contributed by atoms with Gasteiger partial charge in [0.05, 0.1) is 13.2 Å². The van der Waals surface area contributed by atoms with E-state index in [9.17, 15) is 71.1 Å². The zero-order chi connectivity index (χ0) is 31.1. The molecule has 0 aliphatic carbocycles. The molecule has 6 nitrogen and oxygen atoms in total. The van der Waals surface area contributed by atoms with E-state index < -0.39 is 82.2 Å². The molecule has 0 saturated carbocycles. The van der Waals surface area contributed by atoms with Crippen molar-refractivity contribution in [1.29, 1.82) is 0 Å². The molecule has 0 bridgehead atoms. The first-order valence-corrected chi connectivity index (χ1v) is 14.1. The van der Waals surface area contributed by atoms with Crippen molar-refractivity contribution < 1.29 is 90.0 Å². The molecule has 0 heterocycles. The quantitative estimate of drug-likeness (QED) is 0.0726. The van der Waals surface area contributed by atoms with Crippen LogP contribution in [-0.2, 0) is 28.5 Å². The van der Waals surface area contributed by atoms with E-state index in [1.807, 2.05) is 0 Å². The van der Waals surface area contributed by atoms with Crippen molar-refractivity contribution in [2.45, 2.75) is 67.9 Å². The van der Waals surface area contributed by atoms with Crippen molar-refractivity contribution >= 4 is 30.4 Å². The summed E-state index contributed by atoms with van der Waals surface area (Å²) in [6.07, 6.45) is -26.3. The number of ether oxygens (including phenoxy) is 4. The second-order valence-electron chi connectivity index (χ2n) is 7.82. The van der Waals surface area contributed by atoms with Crippen LogP contribution in [0.4, 0.5) is 61.5 Å². The highest BCUT2D eigenvalue weighted by molar-refractivity contribution is 7.19. The highest BCUT2D eigenvalue weighted by Gasteiger charge is 2.75. The first-order chi connectivity index (χ1) is 17.2. The third-order valence-corrected chi connectivity index (χ3v) is 8.37. The van der Waals surface area contributed by atoms with Gasteiger partial charge in [0.25, 0.3) is 0 Å². The number of rotatable bonds is 14. The molecule has 0 fully saturated rings. The molecule has 0 aromatic carbocycles. The van der Waals surface area contributed by atoms with E-state index in [-0.39, 0.29) is 24.9 Å². The predicted octanol–water partition coefficient (Wildman–Crippen LogP) is 6.28. The largest absolute Gasteiger partial charge is 0.464 e. The van der Waals surface area contributed by atoms with Crippen LogP contribution >= 0.6 is 11.1 Å². The Morgan fingerprint density at radius 2 is 0.846 bits per heavy atom. The van der Waals surface area contributed by atoms with Gasteiger partial charge in [-0.3, -0.25) is 0 Å².